The first-order valence-electron chi connectivity index (χ1n) is 11.3. The van der Waals surface area contributed by atoms with Gasteiger partial charge in [-0.3, -0.25) is 9.59 Å². The topological polar surface area (TPSA) is 77.5 Å². The van der Waals surface area contributed by atoms with Crippen LogP contribution in [0.1, 0.15) is 46.5 Å². The molecule has 8 nitrogen and oxygen atoms in total. The van der Waals surface area contributed by atoms with E-state index in [9.17, 15) is 9.59 Å². The molecule has 182 valence electrons. The van der Waals surface area contributed by atoms with Gasteiger partial charge in [-0.05, 0) is 26.7 Å². The van der Waals surface area contributed by atoms with Crippen LogP contribution in [-0.4, -0.2) is 102 Å². The van der Waals surface area contributed by atoms with E-state index in [4.69, 9.17) is 18.9 Å². The second-order valence-electron chi connectivity index (χ2n) is 7.51. The standard InChI is InChI=1S/C23H44N2O6/c1-6-8-11-24(4)23(27)20-31-19-18-30-17-16-29-15-14-28-13-12-25(5)22(26)10-9-21(3)7-2/h7H,6,8-20H2,1-5H3/b21-7-. The van der Waals surface area contributed by atoms with Crippen molar-refractivity contribution >= 4 is 11.8 Å². The molecular formula is C23H44N2O6. The van der Waals surface area contributed by atoms with Gasteiger partial charge in [-0.1, -0.05) is 25.0 Å². The molecule has 0 atom stereocenters. The van der Waals surface area contributed by atoms with Gasteiger partial charge < -0.3 is 28.7 Å². The molecule has 0 aromatic carbocycles. The van der Waals surface area contributed by atoms with Crippen molar-refractivity contribution in [2.75, 3.05) is 80.0 Å². The fraction of sp³-hybridized carbons (Fsp3) is 0.826. The Morgan fingerprint density at radius 1 is 0.742 bits per heavy atom. The summed E-state index contributed by atoms with van der Waals surface area (Å²) < 4.78 is 21.7. The van der Waals surface area contributed by atoms with Crippen LogP contribution in [0.2, 0.25) is 0 Å². The number of carbonyl (C=O) groups excluding carboxylic acids is 2. The summed E-state index contributed by atoms with van der Waals surface area (Å²) in [7, 11) is 3.60. The van der Waals surface area contributed by atoms with Gasteiger partial charge in [0.25, 0.3) is 0 Å². The Bertz CT molecular complexity index is 498. The fourth-order valence-electron chi connectivity index (χ4n) is 2.41. The highest BCUT2D eigenvalue weighted by Gasteiger charge is 2.08. The minimum atomic E-state index is -0.00362. The maximum absolute atomic E-state index is 12.0. The number of allylic oxidation sites excluding steroid dienone is 2. The van der Waals surface area contributed by atoms with Gasteiger partial charge in [0, 0.05) is 33.6 Å². The molecule has 0 unspecified atom stereocenters. The number of unbranched alkanes of at least 4 members (excludes halogenated alkanes) is 1. The van der Waals surface area contributed by atoms with Gasteiger partial charge in [-0.25, -0.2) is 0 Å². The average Bonchev–Trinajstić information content (AvgIpc) is 2.77. The lowest BCUT2D eigenvalue weighted by Gasteiger charge is -2.17. The molecule has 0 fully saturated rings. The zero-order valence-electron chi connectivity index (χ0n) is 20.3. The SMILES string of the molecule is C/C=C(/C)CCC(=O)N(C)CCOCCOCCOCCOCC(=O)N(C)CCCC. The Kier molecular flexibility index (Phi) is 19.4. The lowest BCUT2D eigenvalue weighted by Crippen LogP contribution is -2.31. The van der Waals surface area contributed by atoms with E-state index in [0.29, 0.717) is 59.2 Å². The first-order valence-corrected chi connectivity index (χ1v) is 11.3. The van der Waals surface area contributed by atoms with Gasteiger partial charge in [0.1, 0.15) is 6.61 Å². The van der Waals surface area contributed by atoms with Gasteiger partial charge in [-0.15, -0.1) is 0 Å². The highest BCUT2D eigenvalue weighted by molar-refractivity contribution is 5.77. The third-order valence-corrected chi connectivity index (χ3v) is 4.84. The van der Waals surface area contributed by atoms with Crippen molar-refractivity contribution in [3.63, 3.8) is 0 Å². The van der Waals surface area contributed by atoms with E-state index in [1.54, 1.807) is 23.9 Å². The van der Waals surface area contributed by atoms with Crippen LogP contribution in [0, 0.1) is 0 Å². The number of carbonyl (C=O) groups is 2. The van der Waals surface area contributed by atoms with Gasteiger partial charge in [-0.2, -0.15) is 0 Å². The molecule has 0 aromatic rings. The van der Waals surface area contributed by atoms with E-state index in [2.05, 4.69) is 6.92 Å². The number of amides is 2. The molecule has 0 saturated carbocycles. The summed E-state index contributed by atoms with van der Waals surface area (Å²) in [6.07, 6.45) is 5.44. The lowest BCUT2D eigenvalue weighted by atomic mass is 10.1. The number of hydrogen-bond acceptors (Lipinski definition) is 6. The van der Waals surface area contributed by atoms with Gasteiger partial charge in [0.05, 0.1) is 46.2 Å². The Morgan fingerprint density at radius 3 is 1.81 bits per heavy atom. The third-order valence-electron chi connectivity index (χ3n) is 4.84. The molecule has 0 saturated heterocycles. The third kappa shape index (κ3) is 17.9. The fourth-order valence-corrected chi connectivity index (χ4v) is 2.41. The number of ether oxygens (including phenoxy) is 4. The normalized spacial score (nSPS) is 11.6. The van der Waals surface area contributed by atoms with Crippen LogP contribution < -0.4 is 0 Å². The van der Waals surface area contributed by atoms with E-state index in [-0.39, 0.29) is 18.4 Å². The summed E-state index contributed by atoms with van der Waals surface area (Å²) in [5, 5.41) is 0. The van der Waals surface area contributed by atoms with E-state index in [1.807, 2.05) is 19.9 Å². The van der Waals surface area contributed by atoms with Crippen LogP contribution in [0.3, 0.4) is 0 Å². The molecule has 0 aliphatic carbocycles. The second kappa shape index (κ2) is 20.4. The van der Waals surface area contributed by atoms with E-state index < -0.39 is 0 Å². The number of likely N-dealkylation sites (N-methyl/N-ethyl adjacent to an activating group) is 2. The van der Waals surface area contributed by atoms with Crippen molar-refractivity contribution < 1.29 is 28.5 Å². The first kappa shape index (κ1) is 29.5. The molecule has 31 heavy (non-hydrogen) atoms. The van der Waals surface area contributed by atoms with Crippen LogP contribution >= 0.6 is 0 Å². The Hall–Kier alpha value is -1.48. The minimum absolute atomic E-state index is 0.00362. The molecule has 0 bridgehead atoms. The number of hydrogen-bond donors (Lipinski definition) is 0. The predicted octanol–water partition coefficient (Wildman–Crippen LogP) is 2.52. The van der Waals surface area contributed by atoms with E-state index in [1.165, 1.54) is 5.57 Å². The van der Waals surface area contributed by atoms with Crippen molar-refractivity contribution in [1.82, 2.24) is 9.80 Å². The minimum Gasteiger partial charge on any atom is -0.377 e. The maximum Gasteiger partial charge on any atom is 0.248 e. The van der Waals surface area contributed by atoms with Crippen molar-refractivity contribution in [1.29, 1.82) is 0 Å². The van der Waals surface area contributed by atoms with Crippen LogP contribution in [0.4, 0.5) is 0 Å². The molecule has 0 aliphatic heterocycles. The highest BCUT2D eigenvalue weighted by Crippen LogP contribution is 2.05. The molecule has 0 spiro atoms. The van der Waals surface area contributed by atoms with Crippen molar-refractivity contribution in [2.24, 2.45) is 0 Å². The Labute approximate surface area is 188 Å². The molecular weight excluding hydrogens is 400 g/mol. The van der Waals surface area contributed by atoms with Crippen molar-refractivity contribution in [3.8, 4) is 0 Å². The molecule has 0 heterocycles. The van der Waals surface area contributed by atoms with Gasteiger partial charge in [0.15, 0.2) is 0 Å². The molecule has 0 aliphatic rings. The summed E-state index contributed by atoms with van der Waals surface area (Å²) in [5.41, 5.74) is 1.23. The summed E-state index contributed by atoms with van der Waals surface area (Å²) in [6, 6.07) is 0. The van der Waals surface area contributed by atoms with Gasteiger partial charge >= 0.3 is 0 Å². The van der Waals surface area contributed by atoms with Crippen LogP contribution in [0.15, 0.2) is 11.6 Å². The quantitative estimate of drug-likeness (QED) is 0.212. The summed E-state index contributed by atoms with van der Waals surface area (Å²) >= 11 is 0. The molecule has 0 rings (SSSR count). The zero-order chi connectivity index (χ0) is 23.3. The lowest BCUT2D eigenvalue weighted by molar-refractivity contribution is -0.135. The van der Waals surface area contributed by atoms with Crippen LogP contribution in [0.5, 0.6) is 0 Å². The van der Waals surface area contributed by atoms with Gasteiger partial charge in [0.2, 0.25) is 11.8 Å². The number of nitrogens with zero attached hydrogens (tertiary/aromatic N) is 2. The molecule has 2 amide bonds. The molecule has 0 N–H and O–H groups in total. The first-order chi connectivity index (χ1) is 14.9. The Balaban J connectivity index is 3.41. The van der Waals surface area contributed by atoms with E-state index >= 15 is 0 Å². The largest absolute Gasteiger partial charge is 0.377 e. The predicted molar refractivity (Wildman–Crippen MR) is 122 cm³/mol. The van der Waals surface area contributed by atoms with Crippen molar-refractivity contribution in [2.45, 2.75) is 46.5 Å². The summed E-state index contributed by atoms with van der Waals surface area (Å²) in [4.78, 5) is 27.1. The van der Waals surface area contributed by atoms with Crippen LogP contribution in [0.25, 0.3) is 0 Å². The Morgan fingerprint density at radius 2 is 1.26 bits per heavy atom. The smallest absolute Gasteiger partial charge is 0.248 e. The maximum atomic E-state index is 12.0. The molecule has 0 radical (unpaired) electrons. The molecule has 8 heteroatoms. The van der Waals surface area contributed by atoms with E-state index in [0.717, 1.165) is 25.8 Å². The highest BCUT2D eigenvalue weighted by atomic mass is 16.6. The monoisotopic (exact) mass is 444 g/mol. The zero-order valence-corrected chi connectivity index (χ0v) is 20.3. The summed E-state index contributed by atoms with van der Waals surface area (Å²) in [5.74, 6) is 0.131. The van der Waals surface area contributed by atoms with Crippen molar-refractivity contribution in [3.05, 3.63) is 11.6 Å². The number of rotatable bonds is 20. The van der Waals surface area contributed by atoms with Crippen LogP contribution in [-0.2, 0) is 28.5 Å². The summed E-state index contributed by atoms with van der Waals surface area (Å²) in [6.45, 7) is 10.8. The average molecular weight is 445 g/mol. The molecule has 0 aromatic heterocycles. The second-order valence-corrected chi connectivity index (χ2v) is 7.51.